The normalized spacial score (nSPS) is 11.5. The summed E-state index contributed by atoms with van der Waals surface area (Å²) in [7, 11) is 0. The summed E-state index contributed by atoms with van der Waals surface area (Å²) >= 11 is 2.75. The van der Waals surface area contributed by atoms with Crippen molar-refractivity contribution < 1.29 is 22.0 Å². The van der Waals surface area contributed by atoms with Gasteiger partial charge < -0.3 is 4.57 Å². The summed E-state index contributed by atoms with van der Waals surface area (Å²) in [6, 6.07) is 14.2. The number of aromatic nitrogens is 1. The SMILES string of the molecule is CCc1cc(SC)cc(-c2ccc(-c3cc(C(F)(F)F)c(C#N)c(=O)n3Cc3ccc(F)cc3F)s2)c1. The highest BCUT2D eigenvalue weighted by Gasteiger charge is 2.36. The molecule has 0 N–H and O–H groups in total. The highest BCUT2D eigenvalue weighted by molar-refractivity contribution is 7.98. The predicted molar refractivity (Wildman–Crippen MR) is 136 cm³/mol. The number of benzene rings is 2. The lowest BCUT2D eigenvalue weighted by molar-refractivity contribution is -0.137. The average Bonchev–Trinajstić information content (AvgIpc) is 3.35. The van der Waals surface area contributed by atoms with Crippen LogP contribution in [0.25, 0.3) is 21.0 Å². The number of hydrogen-bond donors (Lipinski definition) is 0. The minimum Gasteiger partial charge on any atom is -0.302 e. The molecule has 0 bridgehead atoms. The summed E-state index contributed by atoms with van der Waals surface area (Å²) in [6.07, 6.45) is -2.21. The van der Waals surface area contributed by atoms with Crippen molar-refractivity contribution in [3.63, 3.8) is 0 Å². The Balaban J connectivity index is 1.93. The third-order valence-electron chi connectivity index (χ3n) is 5.81. The smallest absolute Gasteiger partial charge is 0.302 e. The lowest BCUT2D eigenvalue weighted by Crippen LogP contribution is -2.28. The number of pyridine rings is 1. The Morgan fingerprint density at radius 1 is 1.03 bits per heavy atom. The number of thiophene rings is 1. The second kappa shape index (κ2) is 10.5. The van der Waals surface area contributed by atoms with Gasteiger partial charge in [0.2, 0.25) is 0 Å². The van der Waals surface area contributed by atoms with Gasteiger partial charge in [-0.05, 0) is 60.2 Å². The van der Waals surface area contributed by atoms with E-state index < -0.39 is 41.0 Å². The summed E-state index contributed by atoms with van der Waals surface area (Å²) in [5, 5.41) is 9.37. The van der Waals surface area contributed by atoms with E-state index in [1.54, 1.807) is 23.9 Å². The topological polar surface area (TPSA) is 45.8 Å². The molecule has 0 aliphatic carbocycles. The largest absolute Gasteiger partial charge is 0.417 e. The van der Waals surface area contributed by atoms with Gasteiger partial charge in [0.1, 0.15) is 23.3 Å². The van der Waals surface area contributed by atoms with Crippen LogP contribution in [0.4, 0.5) is 22.0 Å². The minimum atomic E-state index is -4.96. The van der Waals surface area contributed by atoms with E-state index in [0.717, 1.165) is 50.1 Å². The first kappa shape index (κ1) is 26.6. The molecule has 2 aromatic carbocycles. The van der Waals surface area contributed by atoms with Crippen molar-refractivity contribution in [1.82, 2.24) is 4.57 Å². The number of halogens is 5. The number of nitriles is 1. The van der Waals surface area contributed by atoms with Gasteiger partial charge in [-0.3, -0.25) is 4.79 Å². The molecule has 0 amide bonds. The molecule has 2 heterocycles. The minimum absolute atomic E-state index is 0.106. The van der Waals surface area contributed by atoms with Crippen molar-refractivity contribution in [2.75, 3.05) is 6.26 Å². The van der Waals surface area contributed by atoms with Crippen molar-refractivity contribution in [3.05, 3.63) is 98.8 Å². The van der Waals surface area contributed by atoms with Gasteiger partial charge in [-0.1, -0.05) is 19.1 Å². The van der Waals surface area contributed by atoms with Crippen molar-refractivity contribution in [3.8, 4) is 27.1 Å². The second-order valence-corrected chi connectivity index (χ2v) is 10.1. The number of rotatable bonds is 6. The van der Waals surface area contributed by atoms with Gasteiger partial charge in [-0.25, -0.2) is 8.78 Å². The Labute approximate surface area is 217 Å². The van der Waals surface area contributed by atoms with Gasteiger partial charge >= 0.3 is 6.18 Å². The zero-order valence-corrected chi connectivity index (χ0v) is 21.3. The first-order valence-electron chi connectivity index (χ1n) is 11.0. The molecule has 0 saturated carbocycles. The molecule has 0 radical (unpaired) electrons. The van der Waals surface area contributed by atoms with Crippen molar-refractivity contribution >= 4 is 23.1 Å². The molecular weight excluding hydrogens is 527 g/mol. The second-order valence-electron chi connectivity index (χ2n) is 8.14. The molecule has 190 valence electrons. The average molecular weight is 547 g/mol. The molecule has 2 aromatic heterocycles. The van der Waals surface area contributed by atoms with Gasteiger partial charge in [0.25, 0.3) is 5.56 Å². The Morgan fingerprint density at radius 2 is 1.76 bits per heavy atom. The number of hydrogen-bond acceptors (Lipinski definition) is 4. The van der Waals surface area contributed by atoms with Crippen LogP contribution in [0.3, 0.4) is 0 Å². The Bertz CT molecular complexity index is 1560. The van der Waals surface area contributed by atoms with E-state index in [-0.39, 0.29) is 11.3 Å². The monoisotopic (exact) mass is 546 g/mol. The van der Waals surface area contributed by atoms with Crippen LogP contribution in [0, 0.1) is 23.0 Å². The van der Waals surface area contributed by atoms with Crippen molar-refractivity contribution in [1.29, 1.82) is 5.26 Å². The number of nitrogens with zero attached hydrogens (tertiary/aromatic N) is 2. The number of aryl methyl sites for hydroxylation is 1. The molecule has 0 unspecified atom stereocenters. The molecule has 0 aliphatic rings. The van der Waals surface area contributed by atoms with Crippen LogP contribution in [0.15, 0.2) is 64.3 Å². The quantitative estimate of drug-likeness (QED) is 0.184. The van der Waals surface area contributed by atoms with Gasteiger partial charge in [-0.2, -0.15) is 18.4 Å². The maximum atomic E-state index is 14.4. The molecule has 10 heteroatoms. The van der Waals surface area contributed by atoms with E-state index in [4.69, 9.17) is 0 Å². The van der Waals surface area contributed by atoms with Crippen molar-refractivity contribution in [2.45, 2.75) is 31.0 Å². The molecule has 3 nitrogen and oxygen atoms in total. The van der Waals surface area contributed by atoms with Crippen LogP contribution < -0.4 is 5.56 Å². The lowest BCUT2D eigenvalue weighted by Gasteiger charge is -2.17. The molecule has 37 heavy (non-hydrogen) atoms. The Hall–Kier alpha value is -3.42. The Kier molecular flexibility index (Phi) is 7.57. The van der Waals surface area contributed by atoms with Gasteiger partial charge in [0.15, 0.2) is 0 Å². The molecule has 0 atom stereocenters. The summed E-state index contributed by atoms with van der Waals surface area (Å²) in [4.78, 5) is 15.3. The highest BCUT2D eigenvalue weighted by Crippen LogP contribution is 2.39. The Morgan fingerprint density at radius 3 is 2.38 bits per heavy atom. The first-order chi connectivity index (χ1) is 17.5. The van der Waals surface area contributed by atoms with E-state index >= 15 is 0 Å². The maximum Gasteiger partial charge on any atom is 0.417 e. The molecule has 0 aliphatic heterocycles. The van der Waals surface area contributed by atoms with E-state index in [1.807, 2.05) is 25.3 Å². The van der Waals surface area contributed by atoms with Gasteiger partial charge in [0, 0.05) is 21.4 Å². The fourth-order valence-corrected chi connectivity index (χ4v) is 5.45. The molecular formula is C27H19F5N2OS2. The van der Waals surface area contributed by atoms with E-state index in [2.05, 4.69) is 6.07 Å². The fraction of sp³-hybridized carbons (Fsp3) is 0.185. The summed E-state index contributed by atoms with van der Waals surface area (Å²) in [6.45, 7) is 1.54. The van der Waals surface area contributed by atoms with Crippen LogP contribution >= 0.6 is 23.1 Å². The molecule has 0 saturated heterocycles. The molecule has 0 spiro atoms. The predicted octanol–water partition coefficient (Wildman–Crippen LogP) is 7.75. The standard InChI is InChI=1S/C27H19F5N2OS2/c1-3-15-8-17(10-19(9-15)36-2)24-6-7-25(37-24)23-12-21(27(30,31)32)20(13-33)26(35)34(23)14-16-4-5-18(28)11-22(16)29/h4-12H,3,14H2,1-2H3. The van der Waals surface area contributed by atoms with Crippen LogP contribution in [-0.4, -0.2) is 10.8 Å². The third kappa shape index (κ3) is 5.48. The van der Waals surface area contributed by atoms with Gasteiger partial charge in [0.05, 0.1) is 22.7 Å². The maximum absolute atomic E-state index is 14.4. The zero-order chi connectivity index (χ0) is 26.9. The molecule has 4 aromatic rings. The number of thioether (sulfide) groups is 1. The lowest BCUT2D eigenvalue weighted by atomic mass is 10.1. The zero-order valence-electron chi connectivity index (χ0n) is 19.6. The van der Waals surface area contributed by atoms with Crippen LogP contribution in [0.2, 0.25) is 0 Å². The number of alkyl halides is 3. The van der Waals surface area contributed by atoms with Crippen LogP contribution in [0.1, 0.15) is 29.2 Å². The van der Waals surface area contributed by atoms with Crippen LogP contribution in [0.5, 0.6) is 0 Å². The summed E-state index contributed by atoms with van der Waals surface area (Å²) < 4.78 is 70.2. The third-order valence-corrected chi connectivity index (χ3v) is 7.68. The summed E-state index contributed by atoms with van der Waals surface area (Å²) in [5.74, 6) is -1.79. The van der Waals surface area contributed by atoms with Crippen molar-refractivity contribution in [2.24, 2.45) is 0 Å². The molecule has 4 rings (SSSR count). The highest BCUT2D eigenvalue weighted by atomic mass is 32.2. The van der Waals surface area contributed by atoms with Crippen LogP contribution in [-0.2, 0) is 19.1 Å². The summed E-state index contributed by atoms with van der Waals surface area (Å²) in [5.41, 5.74) is -1.90. The van der Waals surface area contributed by atoms with E-state index in [9.17, 15) is 32.0 Å². The molecule has 0 fully saturated rings. The van der Waals surface area contributed by atoms with Gasteiger partial charge in [-0.15, -0.1) is 23.1 Å². The van der Waals surface area contributed by atoms with E-state index in [0.29, 0.717) is 10.9 Å². The van der Waals surface area contributed by atoms with E-state index in [1.165, 1.54) is 17.4 Å². The first-order valence-corrected chi connectivity index (χ1v) is 13.1. The fourth-order valence-electron chi connectivity index (χ4n) is 3.92.